The van der Waals surface area contributed by atoms with E-state index in [0.717, 1.165) is 5.56 Å². The Morgan fingerprint density at radius 3 is 2.07 bits per heavy atom. The van der Waals surface area contributed by atoms with E-state index in [1.54, 1.807) is 66.7 Å². The van der Waals surface area contributed by atoms with Gasteiger partial charge in [0, 0.05) is 30.5 Å². The van der Waals surface area contributed by atoms with Crippen LogP contribution in [0.15, 0.2) is 72.8 Å². The molecule has 3 aromatic carbocycles. The third-order valence-electron chi connectivity index (χ3n) is 6.95. The Morgan fingerprint density at radius 1 is 0.837 bits per heavy atom. The maximum atomic E-state index is 14.0. The van der Waals surface area contributed by atoms with E-state index in [2.05, 4.69) is 16.0 Å². The molecule has 1 heterocycles. The summed E-state index contributed by atoms with van der Waals surface area (Å²) >= 11 is 0. The van der Waals surface area contributed by atoms with E-state index in [4.69, 9.17) is 9.47 Å². The molecule has 1 saturated heterocycles. The summed E-state index contributed by atoms with van der Waals surface area (Å²) in [6, 6.07) is 18.5. The number of methoxy groups -OCH3 is 2. The molecule has 0 saturated carbocycles. The largest absolute Gasteiger partial charge is 0.497 e. The van der Waals surface area contributed by atoms with Gasteiger partial charge in [0.05, 0.1) is 26.7 Å². The summed E-state index contributed by atoms with van der Waals surface area (Å²) in [4.78, 5) is 55.4. The fourth-order valence-corrected chi connectivity index (χ4v) is 4.86. The lowest BCUT2D eigenvalue weighted by Gasteiger charge is -2.42. The van der Waals surface area contributed by atoms with Crippen LogP contribution in [0.3, 0.4) is 0 Å². The molecule has 2 atom stereocenters. The zero-order valence-corrected chi connectivity index (χ0v) is 24.2. The third kappa shape index (κ3) is 7.94. The smallest absolute Gasteiger partial charge is 0.323 e. The Hall–Kier alpha value is -5.26. The number of ether oxygens (including phenoxy) is 2. The van der Waals surface area contributed by atoms with E-state index in [-0.39, 0.29) is 13.1 Å². The van der Waals surface area contributed by atoms with Gasteiger partial charge in [0.2, 0.25) is 0 Å². The van der Waals surface area contributed by atoms with Gasteiger partial charge in [0.25, 0.3) is 5.91 Å². The van der Waals surface area contributed by atoms with E-state index in [0.29, 0.717) is 34.9 Å². The number of carbonyl (C=O) groups excluding carboxylic acids is 3. The summed E-state index contributed by atoms with van der Waals surface area (Å²) < 4.78 is 10.4. The molecule has 0 bridgehead atoms. The number of urea groups is 2. The van der Waals surface area contributed by atoms with Crippen molar-refractivity contribution in [1.29, 1.82) is 0 Å². The molecule has 5 amide bonds. The molecule has 4 N–H and O–H groups in total. The van der Waals surface area contributed by atoms with Crippen molar-refractivity contribution < 1.29 is 33.8 Å². The highest BCUT2D eigenvalue weighted by atomic mass is 16.5. The molecule has 1 aliphatic rings. The van der Waals surface area contributed by atoms with Crippen LogP contribution in [-0.2, 0) is 9.59 Å². The van der Waals surface area contributed by atoms with E-state index < -0.39 is 42.6 Å². The van der Waals surface area contributed by atoms with Gasteiger partial charge in [-0.05, 0) is 55.3 Å². The van der Waals surface area contributed by atoms with Gasteiger partial charge in [0.1, 0.15) is 11.5 Å². The van der Waals surface area contributed by atoms with Crippen molar-refractivity contribution in [3.8, 4) is 11.5 Å². The highest BCUT2D eigenvalue weighted by Gasteiger charge is 2.41. The maximum absolute atomic E-state index is 14.0. The summed E-state index contributed by atoms with van der Waals surface area (Å²) in [5.41, 5.74) is 2.38. The van der Waals surface area contributed by atoms with Crippen LogP contribution in [0.25, 0.3) is 0 Å². The summed E-state index contributed by atoms with van der Waals surface area (Å²) in [5, 5.41) is 18.0. The Balaban J connectivity index is 1.64. The fraction of sp³-hybridized carbons (Fsp3) is 0.290. The normalized spacial score (nSPS) is 15.2. The van der Waals surface area contributed by atoms with E-state index in [9.17, 15) is 24.3 Å². The first-order chi connectivity index (χ1) is 20.7. The molecule has 0 spiro atoms. The molecular formula is C31H35N5O7. The van der Waals surface area contributed by atoms with Crippen LogP contribution in [-0.4, -0.2) is 72.3 Å². The standard InChI is InChI=1S/C31H35N5O7/c1-20-7-4-8-21(17-20)26(19-27(37)38)34-28(39)29-35(30(40)32-22-11-13-24(42-2)14-12-22)15-6-16-36(29)31(41)33-23-9-5-10-25(18-23)43-3/h4-5,7-14,17-18,26,29H,6,15-16,19H2,1-3H3,(H,32,40)(H,33,41)(H,34,39)(H,37,38). The third-order valence-corrected chi connectivity index (χ3v) is 6.95. The Kier molecular flexibility index (Phi) is 10.0. The quantitative estimate of drug-likeness (QED) is 0.288. The van der Waals surface area contributed by atoms with Gasteiger partial charge in [-0.25, -0.2) is 9.59 Å². The molecule has 3 aromatic rings. The number of anilines is 2. The van der Waals surface area contributed by atoms with Crippen LogP contribution in [0, 0.1) is 6.92 Å². The van der Waals surface area contributed by atoms with Crippen molar-refractivity contribution in [2.45, 2.75) is 32.0 Å². The lowest BCUT2D eigenvalue weighted by molar-refractivity contribution is -0.138. The average molecular weight is 590 g/mol. The van der Waals surface area contributed by atoms with E-state index >= 15 is 0 Å². The van der Waals surface area contributed by atoms with Gasteiger partial charge in [0.15, 0.2) is 6.17 Å². The molecule has 226 valence electrons. The lowest BCUT2D eigenvalue weighted by atomic mass is 10.0. The number of hydrogen-bond acceptors (Lipinski definition) is 6. The molecule has 2 unspecified atom stereocenters. The number of nitrogens with one attached hydrogen (secondary N) is 3. The predicted octanol–water partition coefficient (Wildman–Crippen LogP) is 4.44. The molecule has 1 fully saturated rings. The van der Waals surface area contributed by atoms with Crippen LogP contribution in [0.4, 0.5) is 21.0 Å². The summed E-state index contributed by atoms with van der Waals surface area (Å²) in [5.74, 6) is -0.676. The number of carbonyl (C=O) groups is 4. The Bertz CT molecular complexity index is 1460. The van der Waals surface area contributed by atoms with Crippen molar-refractivity contribution in [2.24, 2.45) is 0 Å². The number of hydrogen-bond donors (Lipinski definition) is 4. The van der Waals surface area contributed by atoms with Crippen molar-refractivity contribution in [3.63, 3.8) is 0 Å². The SMILES string of the molecule is COc1ccc(NC(=O)N2CCCN(C(=O)Nc3cccc(OC)c3)C2C(=O)NC(CC(=O)O)c2cccc(C)c2)cc1. The Morgan fingerprint density at radius 2 is 1.47 bits per heavy atom. The monoisotopic (exact) mass is 589 g/mol. The van der Waals surface area contributed by atoms with Crippen LogP contribution in [0.2, 0.25) is 0 Å². The van der Waals surface area contributed by atoms with E-state index in [1.807, 2.05) is 13.0 Å². The minimum atomic E-state index is -1.38. The molecule has 1 aliphatic heterocycles. The first kappa shape index (κ1) is 30.7. The number of amides is 5. The fourth-order valence-electron chi connectivity index (χ4n) is 4.86. The minimum Gasteiger partial charge on any atom is -0.497 e. The summed E-state index contributed by atoms with van der Waals surface area (Å²) in [6.45, 7) is 2.21. The zero-order chi connectivity index (χ0) is 30.9. The minimum absolute atomic E-state index is 0.175. The van der Waals surface area contributed by atoms with Crippen molar-refractivity contribution in [2.75, 3.05) is 37.9 Å². The number of aryl methyl sites for hydroxylation is 1. The van der Waals surface area contributed by atoms with Gasteiger partial charge >= 0.3 is 18.0 Å². The lowest BCUT2D eigenvalue weighted by Crippen LogP contribution is -2.65. The highest BCUT2D eigenvalue weighted by Crippen LogP contribution is 2.24. The highest BCUT2D eigenvalue weighted by molar-refractivity contribution is 5.98. The predicted molar refractivity (Wildman–Crippen MR) is 160 cm³/mol. The van der Waals surface area contributed by atoms with Gasteiger partial charge in [-0.3, -0.25) is 19.4 Å². The second-order valence-corrected chi connectivity index (χ2v) is 10.0. The van der Waals surface area contributed by atoms with Gasteiger partial charge < -0.3 is 30.5 Å². The number of nitrogens with zero attached hydrogens (tertiary/aromatic N) is 2. The molecule has 0 aliphatic carbocycles. The molecule has 4 rings (SSSR count). The number of carboxylic acid groups (broad SMARTS) is 1. The van der Waals surface area contributed by atoms with Crippen LogP contribution in [0.1, 0.15) is 30.0 Å². The maximum Gasteiger partial charge on any atom is 0.323 e. The first-order valence-corrected chi connectivity index (χ1v) is 13.7. The summed E-state index contributed by atoms with van der Waals surface area (Å²) in [7, 11) is 3.04. The van der Waals surface area contributed by atoms with Gasteiger partial charge in [-0.15, -0.1) is 0 Å². The molecule has 0 aromatic heterocycles. The van der Waals surface area contributed by atoms with Gasteiger partial charge in [-0.2, -0.15) is 0 Å². The van der Waals surface area contributed by atoms with E-state index in [1.165, 1.54) is 24.0 Å². The number of aliphatic carboxylic acids is 1. The first-order valence-electron chi connectivity index (χ1n) is 13.7. The van der Waals surface area contributed by atoms with Crippen molar-refractivity contribution in [3.05, 3.63) is 83.9 Å². The summed E-state index contributed by atoms with van der Waals surface area (Å²) in [6.07, 6.45) is -1.36. The second-order valence-electron chi connectivity index (χ2n) is 10.0. The average Bonchev–Trinajstić information content (AvgIpc) is 3.00. The molecule has 12 nitrogen and oxygen atoms in total. The molecule has 0 radical (unpaired) electrons. The van der Waals surface area contributed by atoms with Crippen LogP contribution < -0.4 is 25.4 Å². The van der Waals surface area contributed by atoms with Crippen LogP contribution in [0.5, 0.6) is 11.5 Å². The van der Waals surface area contributed by atoms with Crippen molar-refractivity contribution >= 4 is 35.3 Å². The van der Waals surface area contributed by atoms with Crippen molar-refractivity contribution in [1.82, 2.24) is 15.1 Å². The van der Waals surface area contributed by atoms with Gasteiger partial charge in [-0.1, -0.05) is 35.9 Å². The topological polar surface area (TPSA) is 150 Å². The zero-order valence-electron chi connectivity index (χ0n) is 24.2. The molecular weight excluding hydrogens is 554 g/mol. The second kappa shape index (κ2) is 14.1. The van der Waals surface area contributed by atoms with Crippen LogP contribution >= 0.6 is 0 Å². The molecule has 43 heavy (non-hydrogen) atoms. The molecule has 12 heteroatoms. The number of rotatable bonds is 9. The number of carboxylic acids is 1. The number of benzene rings is 3. The Labute approximate surface area is 249 Å².